The van der Waals surface area contributed by atoms with Gasteiger partial charge in [-0.3, -0.25) is 4.79 Å². The molecule has 4 heteroatoms. The summed E-state index contributed by atoms with van der Waals surface area (Å²) in [7, 11) is 0. The maximum Gasteiger partial charge on any atom is 0.303 e. The van der Waals surface area contributed by atoms with Crippen molar-refractivity contribution in [1.29, 1.82) is 0 Å². The van der Waals surface area contributed by atoms with E-state index >= 15 is 0 Å². The van der Waals surface area contributed by atoms with Gasteiger partial charge in [0, 0.05) is 6.42 Å². The smallest absolute Gasteiger partial charge is 0.303 e. The summed E-state index contributed by atoms with van der Waals surface area (Å²) >= 11 is 0. The van der Waals surface area contributed by atoms with Crippen LogP contribution in [0.4, 0.5) is 0 Å². The topological polar surface area (TPSA) is 70.1 Å². The zero-order chi connectivity index (χ0) is 17.6. The van der Waals surface area contributed by atoms with E-state index in [0.29, 0.717) is 6.42 Å². The van der Waals surface area contributed by atoms with Crippen LogP contribution in [0.2, 0.25) is 0 Å². The number of ether oxygens (including phenoxy) is 1. The molecule has 1 saturated heterocycles. The van der Waals surface area contributed by atoms with Gasteiger partial charge in [-0.05, 0) is 38.5 Å². The summed E-state index contributed by atoms with van der Waals surface area (Å²) in [6.45, 7) is 2.20. The van der Waals surface area contributed by atoms with Gasteiger partial charge < -0.3 is 14.9 Å². The molecule has 1 fully saturated rings. The average molecular weight is 336 g/mol. The van der Waals surface area contributed by atoms with Crippen LogP contribution in [0.1, 0.15) is 64.7 Å². The van der Waals surface area contributed by atoms with Crippen molar-refractivity contribution in [1.82, 2.24) is 0 Å². The SMILES string of the molecule is CCCCC/C=C\C[C@@H]1O[C@@H]1C(O)/C=C\C/C=C\CCCC(=O)O. The number of epoxide rings is 1. The molecule has 3 atom stereocenters. The Balaban J connectivity index is 2.04. The number of rotatable bonds is 14. The highest BCUT2D eigenvalue weighted by Gasteiger charge is 2.42. The molecule has 1 aliphatic heterocycles. The van der Waals surface area contributed by atoms with Gasteiger partial charge in [0.05, 0.1) is 6.10 Å². The monoisotopic (exact) mass is 336 g/mol. The Bertz CT molecular complexity index is 425. The Morgan fingerprint density at radius 3 is 2.58 bits per heavy atom. The molecule has 0 aliphatic carbocycles. The number of aliphatic hydroxyl groups is 1. The van der Waals surface area contributed by atoms with E-state index in [1.54, 1.807) is 6.08 Å². The van der Waals surface area contributed by atoms with E-state index in [1.807, 2.05) is 18.2 Å². The fourth-order valence-electron chi connectivity index (χ4n) is 2.50. The summed E-state index contributed by atoms with van der Waals surface area (Å²) in [4.78, 5) is 10.4. The number of carboxylic acid groups (broad SMARTS) is 1. The molecule has 0 saturated carbocycles. The van der Waals surface area contributed by atoms with Crippen molar-refractivity contribution in [2.75, 3.05) is 0 Å². The summed E-state index contributed by atoms with van der Waals surface area (Å²) in [6.07, 6.45) is 19.8. The first-order valence-electron chi connectivity index (χ1n) is 9.17. The molecular weight excluding hydrogens is 304 g/mol. The zero-order valence-electron chi connectivity index (χ0n) is 14.8. The van der Waals surface area contributed by atoms with E-state index in [2.05, 4.69) is 19.1 Å². The Labute approximate surface area is 145 Å². The molecule has 1 rings (SSSR count). The first-order chi connectivity index (χ1) is 11.6. The van der Waals surface area contributed by atoms with Crippen LogP contribution in [0.25, 0.3) is 0 Å². The van der Waals surface area contributed by atoms with Gasteiger partial charge >= 0.3 is 5.97 Å². The van der Waals surface area contributed by atoms with E-state index in [-0.39, 0.29) is 18.6 Å². The van der Waals surface area contributed by atoms with Gasteiger partial charge in [-0.25, -0.2) is 0 Å². The number of aliphatic carboxylic acids is 1. The molecule has 1 unspecified atom stereocenters. The maximum absolute atomic E-state index is 10.4. The highest BCUT2D eigenvalue weighted by molar-refractivity contribution is 5.66. The lowest BCUT2D eigenvalue weighted by Crippen LogP contribution is -2.13. The van der Waals surface area contributed by atoms with E-state index in [1.165, 1.54) is 19.3 Å². The molecule has 4 nitrogen and oxygen atoms in total. The van der Waals surface area contributed by atoms with Crippen LogP contribution >= 0.6 is 0 Å². The third-order valence-electron chi connectivity index (χ3n) is 4.00. The summed E-state index contributed by atoms with van der Waals surface area (Å²) in [5.41, 5.74) is 0. The second-order valence-corrected chi connectivity index (χ2v) is 6.25. The van der Waals surface area contributed by atoms with Crippen molar-refractivity contribution in [2.24, 2.45) is 0 Å². The van der Waals surface area contributed by atoms with E-state index < -0.39 is 12.1 Å². The van der Waals surface area contributed by atoms with E-state index in [0.717, 1.165) is 25.7 Å². The van der Waals surface area contributed by atoms with E-state index in [9.17, 15) is 9.90 Å². The van der Waals surface area contributed by atoms with Crippen molar-refractivity contribution in [2.45, 2.75) is 83.0 Å². The summed E-state index contributed by atoms with van der Waals surface area (Å²) in [6, 6.07) is 0. The molecule has 24 heavy (non-hydrogen) atoms. The fraction of sp³-hybridized carbons (Fsp3) is 0.650. The lowest BCUT2D eigenvalue weighted by molar-refractivity contribution is -0.137. The van der Waals surface area contributed by atoms with Gasteiger partial charge in [0.2, 0.25) is 0 Å². The third-order valence-corrected chi connectivity index (χ3v) is 4.00. The van der Waals surface area contributed by atoms with Gasteiger partial charge in [-0.15, -0.1) is 0 Å². The number of allylic oxidation sites excluding steroid dienone is 4. The molecule has 0 aromatic rings. The van der Waals surface area contributed by atoms with Crippen molar-refractivity contribution >= 4 is 5.97 Å². The van der Waals surface area contributed by atoms with Crippen molar-refractivity contribution in [3.63, 3.8) is 0 Å². The number of aliphatic hydroxyl groups excluding tert-OH is 1. The zero-order valence-corrected chi connectivity index (χ0v) is 14.8. The van der Waals surface area contributed by atoms with E-state index in [4.69, 9.17) is 9.84 Å². The second-order valence-electron chi connectivity index (χ2n) is 6.25. The van der Waals surface area contributed by atoms with Crippen molar-refractivity contribution in [3.8, 4) is 0 Å². The van der Waals surface area contributed by atoms with Crippen LogP contribution in [-0.4, -0.2) is 34.5 Å². The molecule has 1 heterocycles. The van der Waals surface area contributed by atoms with Gasteiger partial charge in [-0.2, -0.15) is 0 Å². The van der Waals surface area contributed by atoms with Gasteiger partial charge in [0.15, 0.2) is 0 Å². The Kier molecular flexibility index (Phi) is 11.2. The minimum Gasteiger partial charge on any atom is -0.481 e. The molecule has 1 aliphatic rings. The Morgan fingerprint density at radius 2 is 1.83 bits per heavy atom. The lowest BCUT2D eigenvalue weighted by atomic mass is 10.1. The Morgan fingerprint density at radius 1 is 1.08 bits per heavy atom. The number of unbranched alkanes of at least 4 members (excludes halogenated alkanes) is 4. The molecular formula is C20H32O4. The molecule has 0 spiro atoms. The number of carbonyl (C=O) groups is 1. The van der Waals surface area contributed by atoms with Gasteiger partial charge in [0.25, 0.3) is 0 Å². The molecule has 2 N–H and O–H groups in total. The first-order valence-corrected chi connectivity index (χ1v) is 9.17. The van der Waals surface area contributed by atoms with Crippen LogP contribution in [0, 0.1) is 0 Å². The quantitative estimate of drug-likeness (QED) is 0.280. The predicted octanol–water partition coefficient (Wildman–Crippen LogP) is 4.40. The van der Waals surface area contributed by atoms with Crippen LogP contribution < -0.4 is 0 Å². The minimum absolute atomic E-state index is 0.0684. The average Bonchev–Trinajstić information content (AvgIpc) is 3.32. The standard InChI is InChI=1S/C20H32O4/c1-2-3-4-5-9-12-15-18-20(24-18)17(21)14-11-8-6-7-10-13-16-19(22)23/h6-7,9,11-12,14,17-18,20-21H,2-5,8,10,13,15-16H2,1H3,(H,22,23)/b7-6-,12-9-,14-11-/t17?,18-,20+/m0/s1. The number of carboxylic acids is 1. The van der Waals surface area contributed by atoms with Gasteiger partial charge in [0.1, 0.15) is 12.2 Å². The first kappa shape index (κ1) is 20.7. The van der Waals surface area contributed by atoms with Crippen LogP contribution in [-0.2, 0) is 9.53 Å². The van der Waals surface area contributed by atoms with Crippen LogP contribution in [0.5, 0.6) is 0 Å². The summed E-state index contributed by atoms with van der Waals surface area (Å²) in [5.74, 6) is -0.749. The molecule has 0 amide bonds. The maximum atomic E-state index is 10.4. The summed E-state index contributed by atoms with van der Waals surface area (Å²) in [5, 5.41) is 18.5. The highest BCUT2D eigenvalue weighted by atomic mass is 16.6. The van der Waals surface area contributed by atoms with Crippen molar-refractivity contribution in [3.05, 3.63) is 36.5 Å². The minimum atomic E-state index is -0.749. The molecule has 0 radical (unpaired) electrons. The summed E-state index contributed by atoms with van der Waals surface area (Å²) < 4.78 is 5.51. The lowest BCUT2D eigenvalue weighted by Gasteiger charge is -1.99. The molecule has 0 bridgehead atoms. The molecule has 0 aromatic carbocycles. The van der Waals surface area contributed by atoms with Gasteiger partial charge in [-0.1, -0.05) is 56.2 Å². The molecule has 136 valence electrons. The fourth-order valence-corrected chi connectivity index (χ4v) is 2.50. The van der Waals surface area contributed by atoms with Crippen LogP contribution in [0.15, 0.2) is 36.5 Å². The third kappa shape index (κ3) is 10.4. The predicted molar refractivity (Wildman–Crippen MR) is 97.0 cm³/mol. The highest BCUT2D eigenvalue weighted by Crippen LogP contribution is 2.29. The molecule has 0 aromatic heterocycles. The second kappa shape index (κ2) is 13.0. The Hall–Kier alpha value is -1.39. The van der Waals surface area contributed by atoms with Crippen LogP contribution in [0.3, 0.4) is 0 Å². The number of hydrogen-bond donors (Lipinski definition) is 2. The van der Waals surface area contributed by atoms with Crippen molar-refractivity contribution < 1.29 is 19.7 Å². The largest absolute Gasteiger partial charge is 0.481 e. The number of hydrogen-bond acceptors (Lipinski definition) is 3. The normalized spacial score (nSPS) is 21.9.